The Balaban J connectivity index is 1.79. The number of amides is 1. The van der Waals surface area contributed by atoms with E-state index in [4.69, 9.17) is 0 Å². The first kappa shape index (κ1) is 18.9. The molecule has 26 heavy (non-hydrogen) atoms. The maximum absolute atomic E-state index is 12.7. The Kier molecular flexibility index (Phi) is 6.31. The smallest absolute Gasteiger partial charge is 0.262 e. The number of benzene rings is 2. The third-order valence-corrected chi connectivity index (χ3v) is 5.43. The summed E-state index contributed by atoms with van der Waals surface area (Å²) in [5, 5.41) is 4.05. The number of nitrogens with one attached hydrogen (secondary N) is 1. The first-order chi connectivity index (χ1) is 12.6. The van der Waals surface area contributed by atoms with Gasteiger partial charge < -0.3 is 5.32 Å². The van der Waals surface area contributed by atoms with Crippen LogP contribution in [0.15, 0.2) is 58.5 Å². The maximum Gasteiger partial charge on any atom is 0.262 e. The van der Waals surface area contributed by atoms with Crippen LogP contribution in [-0.2, 0) is 11.3 Å². The lowest BCUT2D eigenvalue weighted by molar-refractivity contribution is -0.113. The highest BCUT2D eigenvalue weighted by Gasteiger charge is 2.12. The third kappa shape index (κ3) is 4.45. The van der Waals surface area contributed by atoms with Gasteiger partial charge in [-0.1, -0.05) is 30.8 Å². The van der Waals surface area contributed by atoms with E-state index in [1.54, 1.807) is 10.6 Å². The molecule has 0 aliphatic carbocycles. The van der Waals surface area contributed by atoms with Crippen LogP contribution in [0, 0.1) is 3.57 Å². The monoisotopic (exact) mass is 479 g/mol. The Morgan fingerprint density at radius 2 is 1.92 bits per heavy atom. The SMILES string of the molecule is CCCn1c(SCC(=O)Nc2ccc(I)cc2)nc2ccccc2c1=O. The van der Waals surface area contributed by atoms with E-state index in [9.17, 15) is 9.59 Å². The largest absolute Gasteiger partial charge is 0.325 e. The molecular formula is C19H18IN3O2S. The molecule has 0 radical (unpaired) electrons. The van der Waals surface area contributed by atoms with Gasteiger partial charge in [-0.15, -0.1) is 0 Å². The molecule has 1 heterocycles. The van der Waals surface area contributed by atoms with E-state index in [1.165, 1.54) is 11.8 Å². The summed E-state index contributed by atoms with van der Waals surface area (Å²) in [6, 6.07) is 14.9. The topological polar surface area (TPSA) is 64.0 Å². The maximum atomic E-state index is 12.7. The summed E-state index contributed by atoms with van der Waals surface area (Å²) >= 11 is 3.50. The molecule has 0 bridgehead atoms. The van der Waals surface area contributed by atoms with E-state index >= 15 is 0 Å². The van der Waals surface area contributed by atoms with Gasteiger partial charge in [0.2, 0.25) is 5.91 Å². The lowest BCUT2D eigenvalue weighted by Gasteiger charge is -2.12. The lowest BCUT2D eigenvalue weighted by atomic mass is 10.2. The molecular weight excluding hydrogens is 461 g/mol. The number of fused-ring (bicyclic) bond motifs is 1. The van der Waals surface area contributed by atoms with Gasteiger partial charge in [0.05, 0.1) is 16.7 Å². The van der Waals surface area contributed by atoms with Gasteiger partial charge >= 0.3 is 0 Å². The van der Waals surface area contributed by atoms with Gasteiger partial charge in [-0.2, -0.15) is 0 Å². The minimum absolute atomic E-state index is 0.0574. The Hall–Kier alpha value is -1.87. The summed E-state index contributed by atoms with van der Waals surface area (Å²) in [4.78, 5) is 29.5. The number of carbonyl (C=O) groups excluding carboxylic acids is 1. The molecule has 1 aromatic heterocycles. The van der Waals surface area contributed by atoms with Gasteiger partial charge in [0, 0.05) is 15.8 Å². The minimum Gasteiger partial charge on any atom is -0.325 e. The van der Waals surface area contributed by atoms with Gasteiger partial charge in [0.1, 0.15) is 0 Å². The number of hydrogen-bond acceptors (Lipinski definition) is 4. The number of anilines is 1. The number of hydrogen-bond donors (Lipinski definition) is 1. The highest BCUT2D eigenvalue weighted by atomic mass is 127. The number of aromatic nitrogens is 2. The van der Waals surface area contributed by atoms with Crippen molar-refractivity contribution >= 4 is 56.9 Å². The molecule has 0 fully saturated rings. The van der Waals surface area contributed by atoms with Crippen molar-refractivity contribution in [3.8, 4) is 0 Å². The second-order valence-electron chi connectivity index (χ2n) is 5.71. The fourth-order valence-corrected chi connectivity index (χ4v) is 3.72. The Morgan fingerprint density at radius 1 is 1.19 bits per heavy atom. The molecule has 2 aromatic carbocycles. The van der Waals surface area contributed by atoms with Crippen LogP contribution in [0.25, 0.3) is 10.9 Å². The Morgan fingerprint density at radius 3 is 2.65 bits per heavy atom. The second kappa shape index (κ2) is 8.68. The molecule has 5 nitrogen and oxygen atoms in total. The molecule has 0 spiro atoms. The molecule has 0 aliphatic rings. The minimum atomic E-state index is -0.123. The van der Waals surface area contributed by atoms with Crippen LogP contribution < -0.4 is 10.9 Å². The molecule has 1 N–H and O–H groups in total. The van der Waals surface area contributed by atoms with Crippen LogP contribution in [0.1, 0.15) is 13.3 Å². The first-order valence-electron chi connectivity index (χ1n) is 8.26. The average Bonchev–Trinajstić information content (AvgIpc) is 2.64. The van der Waals surface area contributed by atoms with Crippen molar-refractivity contribution in [2.75, 3.05) is 11.1 Å². The second-order valence-corrected chi connectivity index (χ2v) is 7.90. The van der Waals surface area contributed by atoms with Crippen molar-refractivity contribution < 1.29 is 4.79 Å². The van der Waals surface area contributed by atoms with E-state index < -0.39 is 0 Å². The van der Waals surface area contributed by atoms with Crippen molar-refractivity contribution in [3.63, 3.8) is 0 Å². The van der Waals surface area contributed by atoms with Crippen LogP contribution in [0.2, 0.25) is 0 Å². The van der Waals surface area contributed by atoms with Gasteiger partial charge in [0.15, 0.2) is 5.16 Å². The summed E-state index contributed by atoms with van der Waals surface area (Å²) in [5.74, 6) is 0.0715. The predicted octanol–water partition coefficient (Wildman–Crippen LogP) is 4.14. The van der Waals surface area contributed by atoms with Crippen LogP contribution in [0.5, 0.6) is 0 Å². The number of carbonyl (C=O) groups is 1. The summed E-state index contributed by atoms with van der Waals surface area (Å²) in [6.07, 6.45) is 0.822. The lowest BCUT2D eigenvalue weighted by Crippen LogP contribution is -2.24. The summed E-state index contributed by atoms with van der Waals surface area (Å²) in [5.41, 5.74) is 1.36. The zero-order valence-corrected chi connectivity index (χ0v) is 17.2. The van der Waals surface area contributed by atoms with E-state index in [1.807, 2.05) is 49.4 Å². The van der Waals surface area contributed by atoms with Crippen molar-refractivity contribution in [1.82, 2.24) is 9.55 Å². The number of thioether (sulfide) groups is 1. The fraction of sp³-hybridized carbons (Fsp3) is 0.211. The molecule has 0 saturated carbocycles. The van der Waals surface area contributed by atoms with Gasteiger partial charge in [-0.3, -0.25) is 14.2 Å². The van der Waals surface area contributed by atoms with E-state index in [0.717, 1.165) is 15.7 Å². The van der Waals surface area contributed by atoms with Gasteiger partial charge in [-0.25, -0.2) is 4.98 Å². The van der Waals surface area contributed by atoms with Crippen molar-refractivity contribution in [2.45, 2.75) is 25.0 Å². The number of para-hydroxylation sites is 1. The number of nitrogens with zero attached hydrogens (tertiary/aromatic N) is 2. The molecule has 1 amide bonds. The molecule has 0 unspecified atom stereocenters. The fourth-order valence-electron chi connectivity index (χ4n) is 2.54. The van der Waals surface area contributed by atoms with Crippen LogP contribution in [0.3, 0.4) is 0 Å². The van der Waals surface area contributed by atoms with Gasteiger partial charge in [0.25, 0.3) is 5.56 Å². The zero-order valence-electron chi connectivity index (χ0n) is 14.2. The molecule has 3 aromatic rings. The predicted molar refractivity (Wildman–Crippen MR) is 115 cm³/mol. The Labute approximate surface area is 169 Å². The summed E-state index contributed by atoms with van der Waals surface area (Å²) in [7, 11) is 0. The highest BCUT2D eigenvalue weighted by Crippen LogP contribution is 2.19. The summed E-state index contributed by atoms with van der Waals surface area (Å²) in [6.45, 7) is 2.59. The average molecular weight is 479 g/mol. The van der Waals surface area contributed by atoms with Crippen molar-refractivity contribution in [3.05, 3.63) is 62.5 Å². The normalized spacial score (nSPS) is 10.8. The quantitative estimate of drug-likeness (QED) is 0.328. The number of rotatable bonds is 6. The van der Waals surface area contributed by atoms with Crippen LogP contribution >= 0.6 is 34.4 Å². The molecule has 0 aliphatic heterocycles. The molecule has 7 heteroatoms. The summed E-state index contributed by atoms with van der Waals surface area (Å²) < 4.78 is 2.77. The van der Waals surface area contributed by atoms with Crippen LogP contribution in [0.4, 0.5) is 5.69 Å². The Bertz CT molecular complexity index is 986. The first-order valence-corrected chi connectivity index (χ1v) is 10.3. The van der Waals surface area contributed by atoms with Gasteiger partial charge in [-0.05, 0) is 65.4 Å². The van der Waals surface area contributed by atoms with Crippen LogP contribution in [-0.4, -0.2) is 21.2 Å². The molecule has 0 atom stereocenters. The van der Waals surface area contributed by atoms with Crippen molar-refractivity contribution in [1.29, 1.82) is 0 Å². The standard InChI is InChI=1S/C19H18IN3O2S/c1-2-11-23-18(25)15-5-3-4-6-16(15)22-19(23)26-12-17(24)21-14-9-7-13(20)8-10-14/h3-10H,2,11-12H2,1H3,(H,21,24). The zero-order chi connectivity index (χ0) is 18.5. The van der Waals surface area contributed by atoms with Crippen molar-refractivity contribution in [2.24, 2.45) is 0 Å². The number of halogens is 1. The molecule has 3 rings (SSSR count). The van der Waals surface area contributed by atoms with E-state index in [0.29, 0.717) is 22.6 Å². The third-order valence-electron chi connectivity index (χ3n) is 3.73. The van der Waals surface area contributed by atoms with E-state index in [-0.39, 0.29) is 17.2 Å². The highest BCUT2D eigenvalue weighted by molar-refractivity contribution is 14.1. The molecule has 134 valence electrons. The van der Waals surface area contributed by atoms with E-state index in [2.05, 4.69) is 32.9 Å². The molecule has 0 saturated heterocycles.